The molecular weight excluding hydrogens is 346 g/mol. The molecule has 0 fully saturated rings. The van der Waals surface area contributed by atoms with Gasteiger partial charge < -0.3 is 19.9 Å². The van der Waals surface area contributed by atoms with E-state index in [9.17, 15) is 9.59 Å². The van der Waals surface area contributed by atoms with E-state index in [0.29, 0.717) is 11.2 Å². The molecule has 0 radical (unpaired) electrons. The van der Waals surface area contributed by atoms with E-state index in [1.54, 1.807) is 0 Å². The van der Waals surface area contributed by atoms with E-state index in [4.69, 9.17) is 14.6 Å². The number of anilines is 1. The number of nitrogens with one attached hydrogen (secondary N) is 2. The number of aryl methyl sites for hydroxylation is 1. The van der Waals surface area contributed by atoms with Crippen LogP contribution in [0.25, 0.3) is 0 Å². The molecule has 0 aliphatic heterocycles. The summed E-state index contributed by atoms with van der Waals surface area (Å²) in [6.07, 6.45) is 4.08. The topological polar surface area (TPSA) is 110 Å². The minimum absolute atomic E-state index is 0.110. The van der Waals surface area contributed by atoms with E-state index >= 15 is 0 Å². The summed E-state index contributed by atoms with van der Waals surface area (Å²) in [4.78, 5) is 27.8. The van der Waals surface area contributed by atoms with Crippen molar-refractivity contribution < 1.29 is 24.2 Å². The molecule has 3 N–H and O–H groups in total. The fourth-order valence-electron chi connectivity index (χ4n) is 2.55. The Morgan fingerprint density at radius 3 is 2.80 bits per heavy atom. The molecule has 140 valence electrons. The molecule has 1 aromatic heterocycles. The Labute approximate surface area is 150 Å². The number of nitrogens with zero attached hydrogens (tertiary/aromatic N) is 1. The standard InChI is InChI=1S/C16H25N3O5S/c1-2-5-17-11-3-4-12-13(8-11)25-16(18-12)19-14(20)9-23-6-7-24-10-15(21)22/h11,17H,2-10H2,1H3,(H,21,22)(H,18,19,20). The molecule has 1 amide bonds. The normalized spacial score (nSPS) is 16.4. The number of hydrogen-bond acceptors (Lipinski definition) is 7. The first kappa shape index (κ1) is 19.8. The number of thiazole rings is 1. The van der Waals surface area contributed by atoms with Crippen molar-refractivity contribution in [2.45, 2.75) is 38.6 Å². The number of carbonyl (C=O) groups excluding carboxylic acids is 1. The summed E-state index contributed by atoms with van der Waals surface area (Å²) in [5.41, 5.74) is 1.08. The van der Waals surface area contributed by atoms with Gasteiger partial charge in [0.1, 0.15) is 13.2 Å². The number of ether oxygens (including phenoxy) is 2. The summed E-state index contributed by atoms with van der Waals surface area (Å²) in [7, 11) is 0. The maximum atomic E-state index is 11.9. The molecule has 25 heavy (non-hydrogen) atoms. The first-order chi connectivity index (χ1) is 12.1. The highest BCUT2D eigenvalue weighted by atomic mass is 32.1. The van der Waals surface area contributed by atoms with Crippen molar-refractivity contribution in [3.05, 3.63) is 10.6 Å². The number of rotatable bonds is 11. The van der Waals surface area contributed by atoms with E-state index in [-0.39, 0.29) is 32.3 Å². The molecule has 8 nitrogen and oxygen atoms in total. The zero-order chi connectivity index (χ0) is 18.1. The predicted octanol–water partition coefficient (Wildman–Crippen LogP) is 1.06. The van der Waals surface area contributed by atoms with Gasteiger partial charge >= 0.3 is 5.97 Å². The van der Waals surface area contributed by atoms with Gasteiger partial charge in [0.05, 0.1) is 18.9 Å². The highest BCUT2D eigenvalue weighted by Gasteiger charge is 2.22. The fourth-order valence-corrected chi connectivity index (χ4v) is 3.65. The minimum Gasteiger partial charge on any atom is -0.480 e. The van der Waals surface area contributed by atoms with Crippen LogP contribution in [-0.2, 0) is 31.9 Å². The summed E-state index contributed by atoms with van der Waals surface area (Å²) < 4.78 is 9.97. The van der Waals surface area contributed by atoms with Gasteiger partial charge in [-0.3, -0.25) is 10.1 Å². The predicted molar refractivity (Wildman–Crippen MR) is 94.1 cm³/mol. The summed E-state index contributed by atoms with van der Waals surface area (Å²) in [5, 5.41) is 15.3. The summed E-state index contributed by atoms with van der Waals surface area (Å²) in [5.74, 6) is -1.30. The lowest BCUT2D eigenvalue weighted by Crippen LogP contribution is -2.34. The summed E-state index contributed by atoms with van der Waals surface area (Å²) >= 11 is 1.52. The van der Waals surface area contributed by atoms with E-state index in [0.717, 1.165) is 37.9 Å². The van der Waals surface area contributed by atoms with Crippen LogP contribution in [0.2, 0.25) is 0 Å². The van der Waals surface area contributed by atoms with Crippen LogP contribution in [0.3, 0.4) is 0 Å². The second kappa shape index (κ2) is 10.4. The van der Waals surface area contributed by atoms with E-state index < -0.39 is 5.97 Å². The van der Waals surface area contributed by atoms with Crippen LogP contribution >= 0.6 is 11.3 Å². The van der Waals surface area contributed by atoms with E-state index in [1.165, 1.54) is 16.2 Å². The Balaban J connectivity index is 1.68. The second-order valence-corrected chi connectivity index (χ2v) is 6.91. The molecule has 0 aromatic carbocycles. The van der Waals surface area contributed by atoms with Crippen LogP contribution < -0.4 is 10.6 Å². The van der Waals surface area contributed by atoms with Crippen molar-refractivity contribution in [1.29, 1.82) is 0 Å². The molecule has 0 spiro atoms. The van der Waals surface area contributed by atoms with E-state index in [1.807, 2.05) is 0 Å². The Bertz CT molecular complexity index is 578. The molecule has 1 aromatic rings. The second-order valence-electron chi connectivity index (χ2n) is 5.83. The largest absolute Gasteiger partial charge is 0.480 e. The van der Waals surface area contributed by atoms with Gasteiger partial charge in [0.2, 0.25) is 0 Å². The smallest absolute Gasteiger partial charge is 0.329 e. The van der Waals surface area contributed by atoms with Crippen LogP contribution in [0.4, 0.5) is 5.13 Å². The number of amides is 1. The van der Waals surface area contributed by atoms with Gasteiger partial charge in [0, 0.05) is 10.9 Å². The number of carbonyl (C=O) groups is 2. The van der Waals surface area contributed by atoms with E-state index in [2.05, 4.69) is 22.5 Å². The van der Waals surface area contributed by atoms with Crippen molar-refractivity contribution in [2.75, 3.05) is 38.3 Å². The molecule has 1 aliphatic carbocycles. The molecule has 1 atom stereocenters. The number of hydrogen-bond donors (Lipinski definition) is 3. The van der Waals surface area contributed by atoms with Gasteiger partial charge in [-0.25, -0.2) is 9.78 Å². The molecular formula is C16H25N3O5S. The zero-order valence-corrected chi connectivity index (χ0v) is 15.2. The number of aromatic nitrogens is 1. The number of aliphatic carboxylic acids is 1. The third-order valence-electron chi connectivity index (χ3n) is 3.70. The monoisotopic (exact) mass is 371 g/mol. The Morgan fingerprint density at radius 2 is 2.08 bits per heavy atom. The highest BCUT2D eigenvalue weighted by Crippen LogP contribution is 2.29. The number of fused-ring (bicyclic) bond motifs is 1. The molecule has 1 aliphatic rings. The molecule has 1 unspecified atom stereocenters. The first-order valence-corrected chi connectivity index (χ1v) is 9.29. The SMILES string of the molecule is CCCNC1CCc2nc(NC(=O)COCCOCC(=O)O)sc2C1. The summed E-state index contributed by atoms with van der Waals surface area (Å²) in [6.45, 7) is 3.00. The van der Waals surface area contributed by atoms with Gasteiger partial charge in [-0.05, 0) is 32.2 Å². The zero-order valence-electron chi connectivity index (χ0n) is 14.4. The average molecular weight is 371 g/mol. The first-order valence-electron chi connectivity index (χ1n) is 8.47. The lowest BCUT2D eigenvalue weighted by atomic mass is 9.98. The van der Waals surface area contributed by atoms with Crippen molar-refractivity contribution in [3.8, 4) is 0 Å². The lowest BCUT2D eigenvalue weighted by molar-refractivity contribution is -0.143. The van der Waals surface area contributed by atoms with Gasteiger partial charge in [-0.1, -0.05) is 6.92 Å². The van der Waals surface area contributed by atoms with Gasteiger partial charge in [-0.15, -0.1) is 11.3 Å². The van der Waals surface area contributed by atoms with Gasteiger partial charge in [0.15, 0.2) is 5.13 Å². The van der Waals surface area contributed by atoms with Crippen LogP contribution in [0, 0.1) is 0 Å². The highest BCUT2D eigenvalue weighted by molar-refractivity contribution is 7.15. The van der Waals surface area contributed by atoms with Gasteiger partial charge in [0.25, 0.3) is 5.91 Å². The average Bonchev–Trinajstić information content (AvgIpc) is 2.97. The minimum atomic E-state index is -1.03. The van der Waals surface area contributed by atoms with Crippen molar-refractivity contribution in [2.24, 2.45) is 0 Å². The Hall–Kier alpha value is -1.55. The van der Waals surface area contributed by atoms with Crippen LogP contribution in [0.5, 0.6) is 0 Å². The number of carboxylic acids is 1. The molecule has 0 bridgehead atoms. The lowest BCUT2D eigenvalue weighted by Gasteiger charge is -2.21. The molecule has 2 rings (SSSR count). The summed E-state index contributed by atoms with van der Waals surface area (Å²) in [6, 6.07) is 0.491. The maximum absolute atomic E-state index is 11.9. The molecule has 9 heteroatoms. The Kier molecular flexibility index (Phi) is 8.26. The third-order valence-corrected chi connectivity index (χ3v) is 4.74. The maximum Gasteiger partial charge on any atom is 0.329 e. The van der Waals surface area contributed by atoms with Crippen LogP contribution in [0.15, 0.2) is 0 Å². The van der Waals surface area contributed by atoms with Crippen molar-refractivity contribution in [1.82, 2.24) is 10.3 Å². The van der Waals surface area contributed by atoms with Crippen molar-refractivity contribution in [3.63, 3.8) is 0 Å². The molecule has 1 heterocycles. The van der Waals surface area contributed by atoms with Crippen molar-refractivity contribution >= 4 is 28.3 Å². The van der Waals surface area contributed by atoms with Crippen LogP contribution in [-0.4, -0.2) is 61.0 Å². The van der Waals surface area contributed by atoms with Gasteiger partial charge in [-0.2, -0.15) is 0 Å². The Morgan fingerprint density at radius 1 is 1.32 bits per heavy atom. The van der Waals surface area contributed by atoms with Crippen LogP contribution in [0.1, 0.15) is 30.3 Å². The number of carboxylic acid groups (broad SMARTS) is 1. The fraction of sp³-hybridized carbons (Fsp3) is 0.688. The molecule has 0 saturated carbocycles. The quantitative estimate of drug-likeness (QED) is 0.499. The third kappa shape index (κ3) is 7.07. The molecule has 0 saturated heterocycles.